The topological polar surface area (TPSA) is 0 Å². The first kappa shape index (κ1) is 16.2. The molecule has 0 bridgehead atoms. The Bertz CT molecular complexity index is 434. The molecular formula is C14H20GeSi2. The van der Waals surface area contributed by atoms with E-state index >= 15 is 0 Å². The van der Waals surface area contributed by atoms with Gasteiger partial charge in [0.15, 0.2) is 0 Å². The Morgan fingerprint density at radius 1 is 0.706 bits per heavy atom. The SMILES string of the molecule is C#[C][Ge]([C]#C)([C]#C[Si](C)(C)C)[C]#C[Si](C)(C)C. The van der Waals surface area contributed by atoms with E-state index in [4.69, 9.17) is 12.8 Å². The fourth-order valence-electron chi connectivity index (χ4n) is 0.780. The summed E-state index contributed by atoms with van der Waals surface area (Å²) in [5.74, 6) is 0. The van der Waals surface area contributed by atoms with E-state index in [1.54, 1.807) is 0 Å². The molecule has 0 atom stereocenters. The summed E-state index contributed by atoms with van der Waals surface area (Å²) in [6, 6.07) is 0. The van der Waals surface area contributed by atoms with Crippen LogP contribution in [0, 0.1) is 42.9 Å². The quantitative estimate of drug-likeness (QED) is 0.476. The molecule has 0 spiro atoms. The van der Waals surface area contributed by atoms with Gasteiger partial charge in [-0.2, -0.15) is 0 Å². The van der Waals surface area contributed by atoms with Crippen LogP contribution in [0.1, 0.15) is 0 Å². The molecule has 0 N–H and O–H groups in total. The molecule has 0 rings (SSSR count). The first-order chi connectivity index (χ1) is 7.54. The summed E-state index contributed by atoms with van der Waals surface area (Å²) in [7, 11) is -2.87. The molecule has 0 fully saturated rings. The Labute approximate surface area is 111 Å². The second-order valence-corrected chi connectivity index (χ2v) is 20.9. The molecule has 0 saturated heterocycles. The molecule has 0 aromatic carbocycles. The van der Waals surface area contributed by atoms with Gasteiger partial charge in [0.25, 0.3) is 0 Å². The van der Waals surface area contributed by atoms with Crippen LogP contribution in [0.3, 0.4) is 0 Å². The van der Waals surface area contributed by atoms with Crippen LogP contribution in [0.5, 0.6) is 0 Å². The van der Waals surface area contributed by atoms with Gasteiger partial charge in [0.1, 0.15) is 0 Å². The summed E-state index contributed by atoms with van der Waals surface area (Å²) < 4.78 is 12.0. The van der Waals surface area contributed by atoms with Gasteiger partial charge in [0, 0.05) is 0 Å². The van der Waals surface area contributed by atoms with Gasteiger partial charge in [-0.1, -0.05) is 0 Å². The molecule has 0 saturated carbocycles. The fourth-order valence-corrected chi connectivity index (χ4v) is 9.90. The van der Waals surface area contributed by atoms with Gasteiger partial charge in [-0.3, -0.25) is 0 Å². The monoisotopic (exact) mass is 318 g/mol. The second-order valence-electron chi connectivity index (χ2n) is 6.04. The van der Waals surface area contributed by atoms with E-state index in [1.807, 2.05) is 0 Å². The molecule has 0 amide bonds. The summed E-state index contributed by atoms with van der Waals surface area (Å²) in [5, 5.41) is 0. The van der Waals surface area contributed by atoms with Crippen molar-refractivity contribution in [1.82, 2.24) is 0 Å². The maximum atomic E-state index is 5.59. The standard InChI is InChI=1S/C14H20GeSi2/c1-9-15(10-2,11-13-16(3,4)5)12-14-17(6,7)8/h1-2H,3-8H3. The molecule has 0 aromatic rings. The molecule has 0 aliphatic heterocycles. The molecule has 0 nitrogen and oxygen atoms in total. The zero-order valence-electron chi connectivity index (χ0n) is 11.7. The van der Waals surface area contributed by atoms with Gasteiger partial charge >= 0.3 is 112 Å². The summed E-state index contributed by atoms with van der Waals surface area (Å²) in [6.07, 6.45) is 11.2. The Morgan fingerprint density at radius 2 is 1.00 bits per heavy atom. The van der Waals surface area contributed by atoms with Crippen molar-refractivity contribution in [2.24, 2.45) is 0 Å². The zero-order chi connectivity index (χ0) is 13.7. The molecule has 0 aliphatic carbocycles. The average Bonchev–Trinajstić information content (AvgIpc) is 2.16. The van der Waals surface area contributed by atoms with Gasteiger partial charge in [-0.15, -0.1) is 0 Å². The second kappa shape index (κ2) is 5.71. The van der Waals surface area contributed by atoms with Crippen LogP contribution in [-0.4, -0.2) is 29.4 Å². The Morgan fingerprint density at radius 3 is 1.18 bits per heavy atom. The van der Waals surface area contributed by atoms with Crippen LogP contribution >= 0.6 is 0 Å². The van der Waals surface area contributed by atoms with Crippen LogP contribution in [0.2, 0.25) is 39.3 Å². The summed E-state index contributed by atoms with van der Waals surface area (Å²) in [6.45, 7) is 13.1. The number of rotatable bonds is 0. The molecule has 0 aromatic heterocycles. The van der Waals surface area contributed by atoms with Gasteiger partial charge in [0.2, 0.25) is 0 Å². The predicted molar refractivity (Wildman–Crippen MR) is 85.7 cm³/mol. The average molecular weight is 317 g/mol. The van der Waals surface area contributed by atoms with Crippen LogP contribution < -0.4 is 0 Å². The number of hydrogen-bond donors (Lipinski definition) is 0. The Hall–Kier alpha value is -0.783. The summed E-state index contributed by atoms with van der Waals surface area (Å²) in [5.41, 5.74) is 6.60. The van der Waals surface area contributed by atoms with E-state index < -0.39 is 29.4 Å². The van der Waals surface area contributed by atoms with E-state index in [1.165, 1.54) is 0 Å². The van der Waals surface area contributed by atoms with E-state index in [2.05, 4.69) is 69.4 Å². The normalized spacial score (nSPS) is 11.1. The molecule has 0 heterocycles. The van der Waals surface area contributed by atoms with Crippen molar-refractivity contribution in [3.63, 3.8) is 0 Å². The molecule has 3 heteroatoms. The Kier molecular flexibility index (Phi) is 5.44. The van der Waals surface area contributed by atoms with E-state index in [0.29, 0.717) is 0 Å². The third-order valence-electron chi connectivity index (χ3n) is 1.68. The number of terminal acetylenes is 2. The third kappa shape index (κ3) is 7.20. The van der Waals surface area contributed by atoms with Crippen molar-refractivity contribution in [1.29, 1.82) is 0 Å². The van der Waals surface area contributed by atoms with Crippen LogP contribution in [0.25, 0.3) is 0 Å². The molecule has 88 valence electrons. The van der Waals surface area contributed by atoms with Crippen molar-refractivity contribution in [3.8, 4) is 42.9 Å². The Balaban J connectivity index is 5.50. The summed E-state index contributed by atoms with van der Waals surface area (Å²) in [4.78, 5) is 0. The minimum absolute atomic E-state index is 1.44. The molecule has 17 heavy (non-hydrogen) atoms. The van der Waals surface area contributed by atoms with E-state index in [0.717, 1.165) is 0 Å². The van der Waals surface area contributed by atoms with Crippen molar-refractivity contribution in [3.05, 3.63) is 0 Å². The van der Waals surface area contributed by atoms with Crippen LogP contribution in [0.4, 0.5) is 0 Å². The van der Waals surface area contributed by atoms with Gasteiger partial charge in [-0.25, -0.2) is 0 Å². The minimum atomic E-state index is -3.11. The van der Waals surface area contributed by atoms with Crippen LogP contribution in [0.15, 0.2) is 0 Å². The molecule has 0 unspecified atom stereocenters. The van der Waals surface area contributed by atoms with E-state index in [9.17, 15) is 0 Å². The van der Waals surface area contributed by atoms with Gasteiger partial charge in [0.05, 0.1) is 0 Å². The predicted octanol–water partition coefficient (Wildman–Crippen LogP) is 2.62. The van der Waals surface area contributed by atoms with Crippen LogP contribution in [-0.2, 0) is 0 Å². The summed E-state index contributed by atoms with van der Waals surface area (Å²) >= 11 is -3.11. The molecule has 0 radical (unpaired) electrons. The first-order valence-corrected chi connectivity index (χ1v) is 16.8. The van der Waals surface area contributed by atoms with Crippen molar-refractivity contribution >= 4 is 29.4 Å². The van der Waals surface area contributed by atoms with Crippen molar-refractivity contribution in [2.45, 2.75) is 39.3 Å². The van der Waals surface area contributed by atoms with Gasteiger partial charge in [-0.05, 0) is 0 Å². The number of hydrogen-bond acceptors (Lipinski definition) is 0. The van der Waals surface area contributed by atoms with Crippen molar-refractivity contribution in [2.75, 3.05) is 0 Å². The van der Waals surface area contributed by atoms with E-state index in [-0.39, 0.29) is 0 Å². The third-order valence-corrected chi connectivity index (χ3v) is 8.40. The maximum absolute atomic E-state index is 5.59. The van der Waals surface area contributed by atoms with Gasteiger partial charge < -0.3 is 0 Å². The fraction of sp³-hybridized carbons (Fsp3) is 0.429. The van der Waals surface area contributed by atoms with Crippen molar-refractivity contribution < 1.29 is 0 Å². The zero-order valence-corrected chi connectivity index (χ0v) is 15.8. The first-order valence-electron chi connectivity index (χ1n) is 5.58. The molecule has 0 aliphatic rings. The molecular weight excluding hydrogens is 297 g/mol.